The molecule has 2 nitrogen and oxygen atoms in total. The number of hydrogen-bond acceptors (Lipinski definition) is 2. The first-order valence-electron chi connectivity index (χ1n) is 7.50. The van der Waals surface area contributed by atoms with E-state index in [-0.39, 0.29) is 12.1 Å². The van der Waals surface area contributed by atoms with Crippen molar-refractivity contribution in [3.63, 3.8) is 0 Å². The predicted molar refractivity (Wildman–Crippen MR) is 84.5 cm³/mol. The van der Waals surface area contributed by atoms with Crippen molar-refractivity contribution in [1.82, 2.24) is 4.90 Å². The summed E-state index contributed by atoms with van der Waals surface area (Å²) >= 11 is 0. The Morgan fingerprint density at radius 1 is 1.40 bits per heavy atom. The van der Waals surface area contributed by atoms with Crippen LogP contribution in [0.5, 0.6) is 0 Å². The second kappa shape index (κ2) is 6.87. The molecule has 1 saturated heterocycles. The molecule has 0 amide bonds. The SMILES string of the molecule is C/C=C(\C=C/CC)C(O)C1CN1C(C)c1ccccc1. The number of benzene rings is 1. The van der Waals surface area contributed by atoms with Gasteiger partial charge in [-0.3, -0.25) is 4.90 Å². The van der Waals surface area contributed by atoms with Crippen LogP contribution in [0.4, 0.5) is 0 Å². The zero-order chi connectivity index (χ0) is 14.5. The van der Waals surface area contributed by atoms with Crippen molar-refractivity contribution in [3.8, 4) is 0 Å². The minimum atomic E-state index is -0.381. The van der Waals surface area contributed by atoms with Crippen LogP contribution in [0, 0.1) is 0 Å². The lowest BCUT2D eigenvalue weighted by molar-refractivity contribution is 0.185. The van der Waals surface area contributed by atoms with Gasteiger partial charge in [-0.25, -0.2) is 0 Å². The topological polar surface area (TPSA) is 23.2 Å². The van der Waals surface area contributed by atoms with Gasteiger partial charge in [-0.2, -0.15) is 0 Å². The van der Waals surface area contributed by atoms with Crippen LogP contribution in [0.2, 0.25) is 0 Å². The number of rotatable bonds is 6. The monoisotopic (exact) mass is 271 g/mol. The van der Waals surface area contributed by atoms with Gasteiger partial charge in [0.1, 0.15) is 0 Å². The summed E-state index contributed by atoms with van der Waals surface area (Å²) in [4.78, 5) is 2.35. The van der Waals surface area contributed by atoms with E-state index in [0.717, 1.165) is 18.5 Å². The molecule has 108 valence electrons. The van der Waals surface area contributed by atoms with E-state index < -0.39 is 0 Å². The number of allylic oxidation sites excluding steroid dienone is 2. The third kappa shape index (κ3) is 3.38. The second-order valence-corrected chi connectivity index (χ2v) is 5.39. The molecular formula is C18H25NO. The molecule has 1 aliphatic rings. The first kappa shape index (κ1) is 15.0. The van der Waals surface area contributed by atoms with E-state index in [9.17, 15) is 5.11 Å². The summed E-state index contributed by atoms with van der Waals surface area (Å²) in [5.74, 6) is 0. The van der Waals surface area contributed by atoms with Crippen molar-refractivity contribution in [1.29, 1.82) is 0 Å². The highest BCUT2D eigenvalue weighted by Crippen LogP contribution is 2.35. The van der Waals surface area contributed by atoms with E-state index in [4.69, 9.17) is 0 Å². The van der Waals surface area contributed by atoms with Crippen molar-refractivity contribution < 1.29 is 5.11 Å². The number of aliphatic hydroxyl groups is 1. The van der Waals surface area contributed by atoms with Crippen molar-refractivity contribution >= 4 is 0 Å². The van der Waals surface area contributed by atoms with Gasteiger partial charge in [0.05, 0.1) is 12.1 Å². The number of nitrogens with zero attached hydrogens (tertiary/aromatic N) is 1. The summed E-state index contributed by atoms with van der Waals surface area (Å²) in [5, 5.41) is 10.5. The van der Waals surface area contributed by atoms with Crippen LogP contribution in [0.25, 0.3) is 0 Å². The van der Waals surface area contributed by atoms with Gasteiger partial charge >= 0.3 is 0 Å². The largest absolute Gasteiger partial charge is 0.387 e. The Morgan fingerprint density at radius 2 is 2.10 bits per heavy atom. The van der Waals surface area contributed by atoms with Gasteiger partial charge in [0, 0.05) is 12.6 Å². The maximum Gasteiger partial charge on any atom is 0.0954 e. The van der Waals surface area contributed by atoms with Crippen LogP contribution < -0.4 is 0 Å². The lowest BCUT2D eigenvalue weighted by atomic mass is 10.0. The zero-order valence-electron chi connectivity index (χ0n) is 12.7. The summed E-state index contributed by atoms with van der Waals surface area (Å²) < 4.78 is 0. The van der Waals surface area contributed by atoms with Gasteiger partial charge in [0.25, 0.3) is 0 Å². The van der Waals surface area contributed by atoms with E-state index in [1.165, 1.54) is 5.56 Å². The molecule has 1 fully saturated rings. The van der Waals surface area contributed by atoms with Crippen molar-refractivity contribution in [2.24, 2.45) is 0 Å². The zero-order valence-corrected chi connectivity index (χ0v) is 12.7. The third-order valence-electron chi connectivity index (χ3n) is 4.06. The Labute approximate surface area is 122 Å². The van der Waals surface area contributed by atoms with E-state index in [2.05, 4.69) is 49.1 Å². The summed E-state index contributed by atoms with van der Waals surface area (Å²) in [7, 11) is 0. The Hall–Kier alpha value is -1.38. The first-order chi connectivity index (χ1) is 9.69. The molecule has 1 aliphatic heterocycles. The van der Waals surface area contributed by atoms with Crippen LogP contribution in [-0.2, 0) is 0 Å². The molecule has 1 heterocycles. The molecule has 1 aromatic carbocycles. The maximum absolute atomic E-state index is 10.5. The summed E-state index contributed by atoms with van der Waals surface area (Å²) in [6.07, 6.45) is 6.79. The molecule has 0 saturated carbocycles. The highest BCUT2D eigenvalue weighted by atomic mass is 16.3. The average molecular weight is 271 g/mol. The smallest absolute Gasteiger partial charge is 0.0954 e. The molecule has 0 radical (unpaired) electrons. The lowest BCUT2D eigenvalue weighted by Gasteiger charge is -2.17. The fourth-order valence-electron chi connectivity index (χ4n) is 2.66. The van der Waals surface area contributed by atoms with E-state index in [1.807, 2.05) is 25.1 Å². The number of hydrogen-bond donors (Lipinski definition) is 1. The van der Waals surface area contributed by atoms with Crippen LogP contribution >= 0.6 is 0 Å². The van der Waals surface area contributed by atoms with Crippen molar-refractivity contribution in [2.45, 2.75) is 45.4 Å². The fourth-order valence-corrected chi connectivity index (χ4v) is 2.66. The molecule has 0 aromatic heterocycles. The molecule has 20 heavy (non-hydrogen) atoms. The van der Waals surface area contributed by atoms with Gasteiger partial charge in [0.15, 0.2) is 0 Å². The van der Waals surface area contributed by atoms with Gasteiger partial charge in [0.2, 0.25) is 0 Å². The molecule has 4 unspecified atom stereocenters. The standard InChI is InChI=1S/C18H25NO/c1-4-6-10-15(5-2)18(20)17-13-19(17)14(3)16-11-8-7-9-12-16/h5-12,14,17-18,20H,4,13H2,1-3H3/b10-6-,15-5+. The van der Waals surface area contributed by atoms with Gasteiger partial charge in [-0.05, 0) is 31.4 Å². The Bertz CT molecular complexity index is 477. The van der Waals surface area contributed by atoms with Crippen molar-refractivity contribution in [3.05, 3.63) is 59.7 Å². The van der Waals surface area contributed by atoms with Crippen molar-refractivity contribution in [2.75, 3.05) is 6.54 Å². The molecule has 0 bridgehead atoms. The Morgan fingerprint density at radius 3 is 2.70 bits per heavy atom. The van der Waals surface area contributed by atoms with Crippen LogP contribution in [-0.4, -0.2) is 28.7 Å². The van der Waals surface area contributed by atoms with Crippen LogP contribution in [0.15, 0.2) is 54.1 Å². The summed E-state index contributed by atoms with van der Waals surface area (Å²) in [6.45, 7) is 7.27. The third-order valence-corrected chi connectivity index (χ3v) is 4.06. The molecule has 4 atom stereocenters. The lowest BCUT2D eigenvalue weighted by Crippen LogP contribution is -2.22. The van der Waals surface area contributed by atoms with Gasteiger partial charge in [-0.1, -0.05) is 55.5 Å². The normalized spacial score (nSPS) is 25.7. The molecule has 1 N–H and O–H groups in total. The summed E-state index contributed by atoms with van der Waals surface area (Å²) in [6, 6.07) is 11.1. The van der Waals surface area contributed by atoms with Crippen LogP contribution in [0.3, 0.4) is 0 Å². The average Bonchev–Trinajstić information content (AvgIpc) is 3.28. The Balaban J connectivity index is 1.99. The first-order valence-corrected chi connectivity index (χ1v) is 7.50. The fraction of sp³-hybridized carbons (Fsp3) is 0.444. The highest BCUT2D eigenvalue weighted by Gasteiger charge is 2.43. The molecule has 2 heteroatoms. The van der Waals surface area contributed by atoms with E-state index in [1.54, 1.807) is 0 Å². The maximum atomic E-state index is 10.5. The Kier molecular flexibility index (Phi) is 5.16. The molecule has 2 rings (SSSR count). The second-order valence-electron chi connectivity index (χ2n) is 5.39. The van der Waals surface area contributed by atoms with Gasteiger partial charge < -0.3 is 5.11 Å². The van der Waals surface area contributed by atoms with Crippen LogP contribution in [0.1, 0.15) is 38.8 Å². The molecule has 0 spiro atoms. The quantitative estimate of drug-likeness (QED) is 0.630. The predicted octanol–water partition coefficient (Wildman–Crippen LogP) is 3.71. The molecule has 1 aromatic rings. The minimum Gasteiger partial charge on any atom is -0.387 e. The van der Waals surface area contributed by atoms with E-state index in [0.29, 0.717) is 6.04 Å². The molecule has 0 aliphatic carbocycles. The summed E-state index contributed by atoms with van der Waals surface area (Å²) in [5.41, 5.74) is 2.34. The van der Waals surface area contributed by atoms with E-state index >= 15 is 0 Å². The number of aliphatic hydroxyl groups excluding tert-OH is 1. The minimum absolute atomic E-state index is 0.248. The van der Waals surface area contributed by atoms with Gasteiger partial charge in [-0.15, -0.1) is 0 Å². The molecular weight excluding hydrogens is 246 g/mol. The highest BCUT2D eigenvalue weighted by molar-refractivity contribution is 5.28.